The van der Waals surface area contributed by atoms with E-state index in [4.69, 9.17) is 0 Å². The zero-order chi connectivity index (χ0) is 14.8. The first kappa shape index (κ1) is 13.5. The van der Waals surface area contributed by atoms with Gasteiger partial charge in [-0.3, -0.25) is 0 Å². The first-order valence-electron chi connectivity index (χ1n) is 7.13. The third-order valence-electron chi connectivity index (χ3n) is 3.56. The van der Waals surface area contributed by atoms with Gasteiger partial charge in [-0.25, -0.2) is 14.6 Å². The quantitative estimate of drug-likeness (QED) is 0.736. The molecule has 0 saturated carbocycles. The molecule has 0 radical (unpaired) electrons. The highest BCUT2D eigenvalue weighted by atomic mass is 15.4. The number of aromatic nitrogens is 5. The highest BCUT2D eigenvalue weighted by molar-refractivity contribution is 5.85. The van der Waals surface area contributed by atoms with E-state index < -0.39 is 0 Å². The number of hydrogen-bond acceptors (Lipinski definition) is 5. The van der Waals surface area contributed by atoms with Crippen LogP contribution in [0.15, 0.2) is 30.6 Å². The summed E-state index contributed by atoms with van der Waals surface area (Å²) in [7, 11) is 0. The Bertz CT molecular complexity index is 764. The molecule has 1 aromatic carbocycles. The van der Waals surface area contributed by atoms with Crippen LogP contribution in [0.4, 0.5) is 11.5 Å². The fraction of sp³-hybridized carbons (Fsp3) is 0.333. The van der Waals surface area contributed by atoms with Gasteiger partial charge in [-0.1, -0.05) is 23.4 Å². The Morgan fingerprint density at radius 2 is 1.95 bits per heavy atom. The summed E-state index contributed by atoms with van der Waals surface area (Å²) in [5.74, 6) is 0.802. The van der Waals surface area contributed by atoms with E-state index in [-0.39, 0.29) is 0 Å². The molecule has 0 spiro atoms. The zero-order valence-electron chi connectivity index (χ0n) is 12.5. The van der Waals surface area contributed by atoms with E-state index in [9.17, 15) is 0 Å². The van der Waals surface area contributed by atoms with Crippen molar-refractivity contribution in [1.29, 1.82) is 0 Å². The monoisotopic (exact) mass is 282 g/mol. The van der Waals surface area contributed by atoms with Gasteiger partial charge in [0.25, 0.3) is 0 Å². The standard InChI is InChI=1S/C15H18N6/c1-4-20(12-9-7-6-8-11(12)3)14-13-15(17-10-16-14)21(5-2)19-18-13/h6-10H,4-5H2,1-3H3. The molecule has 0 atom stereocenters. The van der Waals surface area contributed by atoms with E-state index in [1.807, 2.05) is 19.1 Å². The Morgan fingerprint density at radius 3 is 2.67 bits per heavy atom. The number of aryl methyl sites for hydroxylation is 2. The van der Waals surface area contributed by atoms with Crippen LogP contribution < -0.4 is 4.90 Å². The molecule has 108 valence electrons. The zero-order valence-corrected chi connectivity index (χ0v) is 12.5. The SMILES string of the molecule is CCN(c1ccccc1C)c1ncnc2c1nnn2CC. The molecule has 0 bridgehead atoms. The molecule has 3 rings (SSSR count). The summed E-state index contributed by atoms with van der Waals surface area (Å²) in [5, 5.41) is 8.40. The fourth-order valence-corrected chi connectivity index (χ4v) is 2.49. The minimum atomic E-state index is 0.740. The topological polar surface area (TPSA) is 59.7 Å². The molecule has 6 nitrogen and oxygen atoms in total. The van der Waals surface area contributed by atoms with Crippen LogP contribution in [0.3, 0.4) is 0 Å². The normalized spacial score (nSPS) is 11.0. The van der Waals surface area contributed by atoms with Crippen LogP contribution in [0.25, 0.3) is 11.2 Å². The molecule has 3 aromatic rings. The van der Waals surface area contributed by atoms with Crippen molar-refractivity contribution >= 4 is 22.7 Å². The van der Waals surface area contributed by atoms with Crippen molar-refractivity contribution in [1.82, 2.24) is 25.0 Å². The number of rotatable bonds is 4. The lowest BCUT2D eigenvalue weighted by Gasteiger charge is -2.23. The molecule has 0 amide bonds. The van der Waals surface area contributed by atoms with E-state index in [0.717, 1.165) is 35.8 Å². The van der Waals surface area contributed by atoms with Gasteiger partial charge in [0, 0.05) is 18.8 Å². The number of fused-ring (bicyclic) bond motifs is 1. The van der Waals surface area contributed by atoms with Crippen molar-refractivity contribution in [2.24, 2.45) is 0 Å². The Labute approximate surface area is 123 Å². The van der Waals surface area contributed by atoms with E-state index in [2.05, 4.69) is 51.2 Å². The summed E-state index contributed by atoms with van der Waals surface area (Å²) in [5.41, 5.74) is 3.85. The van der Waals surface area contributed by atoms with Crippen LogP contribution in [0.1, 0.15) is 19.4 Å². The second kappa shape index (κ2) is 5.47. The molecule has 2 heterocycles. The van der Waals surface area contributed by atoms with Gasteiger partial charge in [-0.05, 0) is 32.4 Å². The maximum atomic E-state index is 4.44. The summed E-state index contributed by atoms with van der Waals surface area (Å²) in [6, 6.07) is 8.26. The summed E-state index contributed by atoms with van der Waals surface area (Å²) in [4.78, 5) is 10.9. The Kier molecular flexibility index (Phi) is 3.51. The third kappa shape index (κ3) is 2.22. The molecule has 0 aliphatic carbocycles. The van der Waals surface area contributed by atoms with Crippen LogP contribution in [-0.2, 0) is 6.54 Å². The van der Waals surface area contributed by atoms with Crippen molar-refractivity contribution < 1.29 is 0 Å². The summed E-state index contributed by atoms with van der Waals surface area (Å²) in [6.45, 7) is 7.76. The molecule has 21 heavy (non-hydrogen) atoms. The number of anilines is 2. The average molecular weight is 282 g/mol. The second-order valence-electron chi connectivity index (χ2n) is 4.81. The van der Waals surface area contributed by atoms with Crippen LogP contribution in [0, 0.1) is 6.92 Å². The van der Waals surface area contributed by atoms with Crippen LogP contribution in [0.5, 0.6) is 0 Å². The minimum Gasteiger partial charge on any atom is -0.324 e. The Morgan fingerprint density at radius 1 is 1.14 bits per heavy atom. The number of nitrogens with zero attached hydrogens (tertiary/aromatic N) is 6. The van der Waals surface area contributed by atoms with E-state index in [1.54, 1.807) is 11.0 Å². The molecule has 6 heteroatoms. The average Bonchev–Trinajstić information content (AvgIpc) is 2.93. The third-order valence-corrected chi connectivity index (χ3v) is 3.56. The lowest BCUT2D eigenvalue weighted by atomic mass is 10.2. The molecule has 0 N–H and O–H groups in total. The predicted molar refractivity (Wildman–Crippen MR) is 82.7 cm³/mol. The first-order valence-corrected chi connectivity index (χ1v) is 7.13. The van der Waals surface area contributed by atoms with Gasteiger partial charge < -0.3 is 4.90 Å². The van der Waals surface area contributed by atoms with E-state index >= 15 is 0 Å². The maximum absolute atomic E-state index is 4.44. The molecular weight excluding hydrogens is 264 g/mol. The largest absolute Gasteiger partial charge is 0.324 e. The second-order valence-corrected chi connectivity index (χ2v) is 4.81. The van der Waals surface area contributed by atoms with Crippen molar-refractivity contribution in [3.8, 4) is 0 Å². The lowest BCUT2D eigenvalue weighted by Crippen LogP contribution is -2.19. The van der Waals surface area contributed by atoms with Crippen LogP contribution in [0.2, 0.25) is 0 Å². The molecule has 2 aromatic heterocycles. The maximum Gasteiger partial charge on any atom is 0.183 e. The van der Waals surface area contributed by atoms with E-state index in [1.165, 1.54) is 5.56 Å². The Hall–Kier alpha value is -2.50. The smallest absolute Gasteiger partial charge is 0.183 e. The molecule has 0 unspecified atom stereocenters. The number of hydrogen-bond donors (Lipinski definition) is 0. The Balaban J connectivity index is 2.18. The van der Waals surface area contributed by atoms with Crippen LogP contribution >= 0.6 is 0 Å². The molecule has 0 aliphatic heterocycles. The molecule has 0 saturated heterocycles. The van der Waals surface area contributed by atoms with Gasteiger partial charge in [-0.15, -0.1) is 5.10 Å². The molecular formula is C15H18N6. The summed E-state index contributed by atoms with van der Waals surface area (Å²) in [6.07, 6.45) is 1.58. The lowest BCUT2D eigenvalue weighted by molar-refractivity contribution is 0.641. The van der Waals surface area contributed by atoms with Crippen LogP contribution in [-0.4, -0.2) is 31.5 Å². The van der Waals surface area contributed by atoms with Gasteiger partial charge >= 0.3 is 0 Å². The number of benzene rings is 1. The fourth-order valence-electron chi connectivity index (χ4n) is 2.49. The highest BCUT2D eigenvalue weighted by Crippen LogP contribution is 2.29. The first-order chi connectivity index (χ1) is 10.3. The van der Waals surface area contributed by atoms with Crippen molar-refractivity contribution in [3.63, 3.8) is 0 Å². The molecule has 0 fully saturated rings. The van der Waals surface area contributed by atoms with Gasteiger partial charge in [0.2, 0.25) is 0 Å². The summed E-state index contributed by atoms with van der Waals surface area (Å²) >= 11 is 0. The van der Waals surface area contributed by atoms with Gasteiger partial charge in [0.1, 0.15) is 6.33 Å². The van der Waals surface area contributed by atoms with E-state index in [0.29, 0.717) is 0 Å². The van der Waals surface area contributed by atoms with Gasteiger partial charge in [0.15, 0.2) is 17.0 Å². The van der Waals surface area contributed by atoms with Crippen molar-refractivity contribution in [2.45, 2.75) is 27.3 Å². The minimum absolute atomic E-state index is 0.740. The predicted octanol–water partition coefficient (Wildman–Crippen LogP) is 2.71. The molecule has 0 aliphatic rings. The van der Waals surface area contributed by atoms with Gasteiger partial charge in [-0.2, -0.15) is 0 Å². The van der Waals surface area contributed by atoms with Gasteiger partial charge in [0.05, 0.1) is 0 Å². The number of para-hydroxylation sites is 1. The highest BCUT2D eigenvalue weighted by Gasteiger charge is 2.18. The van der Waals surface area contributed by atoms with Crippen molar-refractivity contribution in [3.05, 3.63) is 36.2 Å². The summed E-state index contributed by atoms with van der Waals surface area (Å²) < 4.78 is 1.78. The van der Waals surface area contributed by atoms with Crippen molar-refractivity contribution in [2.75, 3.05) is 11.4 Å².